The van der Waals surface area contributed by atoms with Crippen molar-refractivity contribution in [2.45, 2.75) is 51.2 Å². The van der Waals surface area contributed by atoms with Crippen LogP contribution in [0.4, 0.5) is 5.82 Å². The Kier molecular flexibility index (Phi) is 6.93. The van der Waals surface area contributed by atoms with E-state index in [9.17, 15) is 4.79 Å². The van der Waals surface area contributed by atoms with E-state index >= 15 is 0 Å². The molecular weight excluding hydrogens is 438 g/mol. The number of anilines is 1. The number of aliphatic imine (C=N–C) groups is 1. The van der Waals surface area contributed by atoms with Crippen LogP contribution in [0.15, 0.2) is 47.5 Å². The highest BCUT2D eigenvalue weighted by Crippen LogP contribution is 2.28. The van der Waals surface area contributed by atoms with Crippen molar-refractivity contribution in [2.24, 2.45) is 16.5 Å². The summed E-state index contributed by atoms with van der Waals surface area (Å²) in [6.07, 6.45) is 3.95. The number of aromatic nitrogens is 2. The van der Waals surface area contributed by atoms with Crippen molar-refractivity contribution >= 4 is 40.2 Å². The lowest BCUT2D eigenvalue weighted by Gasteiger charge is -2.30. The monoisotopic (exact) mass is 465 g/mol. The standard InChI is InChI=1S/C24H28ClN7O/c1-14-9-10-18-17(11-14)21(30-19-7-2-3-8-20(19)31-24(26)27)32-22(29-18)23(33)28-13-15-5-4-6-16(25)12-15/h4-6,9-12,19-20H,2-3,7-8,13H2,1H3,(H,28,33)(H4,26,27,31)(H,29,30,32)/t19-,20+/m0/s1. The molecule has 1 aliphatic carbocycles. The Morgan fingerprint density at radius 1 is 1.15 bits per heavy atom. The highest BCUT2D eigenvalue weighted by atomic mass is 35.5. The van der Waals surface area contributed by atoms with Crippen LogP contribution in [0.25, 0.3) is 10.9 Å². The fourth-order valence-corrected chi connectivity index (χ4v) is 4.38. The Labute approximate surface area is 197 Å². The molecule has 2 aromatic carbocycles. The number of halogens is 1. The van der Waals surface area contributed by atoms with Gasteiger partial charge in [0.25, 0.3) is 5.91 Å². The Hall–Kier alpha value is -3.39. The van der Waals surface area contributed by atoms with Crippen molar-refractivity contribution in [3.63, 3.8) is 0 Å². The SMILES string of the molecule is Cc1ccc2nc(C(=O)NCc3cccc(Cl)c3)nc(N[C@H]3CCCC[C@H]3N=C(N)N)c2c1. The fourth-order valence-electron chi connectivity index (χ4n) is 4.16. The largest absolute Gasteiger partial charge is 0.370 e. The van der Waals surface area contributed by atoms with Crippen LogP contribution in [0.2, 0.25) is 5.02 Å². The van der Waals surface area contributed by atoms with Gasteiger partial charge in [-0.3, -0.25) is 4.79 Å². The van der Waals surface area contributed by atoms with E-state index in [0.717, 1.165) is 42.2 Å². The second kappa shape index (κ2) is 10.0. The summed E-state index contributed by atoms with van der Waals surface area (Å²) in [5.41, 5.74) is 14.0. The molecule has 1 heterocycles. The summed E-state index contributed by atoms with van der Waals surface area (Å²) in [4.78, 5) is 26.5. The molecule has 3 aromatic rings. The lowest BCUT2D eigenvalue weighted by molar-refractivity contribution is 0.0941. The van der Waals surface area contributed by atoms with Crippen LogP contribution >= 0.6 is 11.6 Å². The first-order valence-electron chi connectivity index (χ1n) is 11.1. The van der Waals surface area contributed by atoms with Gasteiger partial charge in [-0.1, -0.05) is 48.2 Å². The van der Waals surface area contributed by atoms with Gasteiger partial charge in [-0.05, 0) is 49.6 Å². The van der Waals surface area contributed by atoms with Crippen LogP contribution in [0.5, 0.6) is 0 Å². The zero-order chi connectivity index (χ0) is 23.4. The van der Waals surface area contributed by atoms with E-state index in [1.165, 1.54) is 0 Å². The minimum atomic E-state index is -0.357. The second-order valence-electron chi connectivity index (χ2n) is 8.39. The fraction of sp³-hybridized carbons (Fsp3) is 0.333. The number of carbonyl (C=O) groups excluding carboxylic acids is 1. The molecule has 1 aliphatic rings. The van der Waals surface area contributed by atoms with Crippen LogP contribution in [0.1, 0.15) is 47.4 Å². The van der Waals surface area contributed by atoms with Crippen molar-refractivity contribution in [3.05, 3.63) is 64.4 Å². The van der Waals surface area contributed by atoms with Gasteiger partial charge in [0.15, 0.2) is 5.96 Å². The Morgan fingerprint density at radius 2 is 1.97 bits per heavy atom. The summed E-state index contributed by atoms with van der Waals surface area (Å²) < 4.78 is 0. The van der Waals surface area contributed by atoms with E-state index in [4.69, 9.17) is 23.1 Å². The maximum absolute atomic E-state index is 12.9. The Morgan fingerprint density at radius 3 is 2.76 bits per heavy atom. The molecule has 172 valence electrons. The molecule has 2 atom stereocenters. The zero-order valence-electron chi connectivity index (χ0n) is 18.5. The van der Waals surface area contributed by atoms with Crippen molar-refractivity contribution in [2.75, 3.05) is 5.32 Å². The van der Waals surface area contributed by atoms with E-state index in [-0.39, 0.29) is 29.8 Å². The van der Waals surface area contributed by atoms with Gasteiger partial charge in [0, 0.05) is 17.0 Å². The summed E-state index contributed by atoms with van der Waals surface area (Å²) in [6, 6.07) is 13.2. The van der Waals surface area contributed by atoms with E-state index in [1.807, 2.05) is 43.3 Å². The molecule has 0 unspecified atom stereocenters. The van der Waals surface area contributed by atoms with E-state index in [1.54, 1.807) is 6.07 Å². The number of fused-ring (bicyclic) bond motifs is 1. The highest BCUT2D eigenvalue weighted by Gasteiger charge is 2.26. The number of nitrogens with two attached hydrogens (primary N) is 2. The first-order valence-corrected chi connectivity index (χ1v) is 11.4. The lowest BCUT2D eigenvalue weighted by atomic mass is 9.90. The Bertz CT molecular complexity index is 1190. The van der Waals surface area contributed by atoms with Gasteiger partial charge in [0.1, 0.15) is 5.82 Å². The van der Waals surface area contributed by atoms with Crippen molar-refractivity contribution in [1.82, 2.24) is 15.3 Å². The average molecular weight is 466 g/mol. The third-order valence-corrected chi connectivity index (χ3v) is 6.00. The van der Waals surface area contributed by atoms with Gasteiger partial charge in [-0.2, -0.15) is 0 Å². The first-order chi connectivity index (χ1) is 15.9. The third kappa shape index (κ3) is 5.70. The number of guanidine groups is 1. The van der Waals surface area contributed by atoms with Gasteiger partial charge in [-0.25, -0.2) is 15.0 Å². The van der Waals surface area contributed by atoms with Gasteiger partial charge in [0.05, 0.1) is 17.6 Å². The normalized spacial score (nSPS) is 18.0. The smallest absolute Gasteiger partial charge is 0.289 e. The average Bonchev–Trinajstić information content (AvgIpc) is 2.78. The summed E-state index contributed by atoms with van der Waals surface area (Å²) in [5, 5.41) is 7.87. The predicted molar refractivity (Wildman–Crippen MR) is 132 cm³/mol. The van der Waals surface area contributed by atoms with E-state index < -0.39 is 0 Å². The number of benzene rings is 2. The first kappa shape index (κ1) is 22.8. The van der Waals surface area contributed by atoms with Crippen LogP contribution in [-0.2, 0) is 6.54 Å². The minimum Gasteiger partial charge on any atom is -0.370 e. The molecule has 8 nitrogen and oxygen atoms in total. The van der Waals surface area contributed by atoms with Crippen molar-refractivity contribution in [3.8, 4) is 0 Å². The molecule has 0 bridgehead atoms. The van der Waals surface area contributed by atoms with Crippen LogP contribution in [0, 0.1) is 6.92 Å². The van der Waals surface area contributed by atoms with Gasteiger partial charge in [-0.15, -0.1) is 0 Å². The number of amides is 1. The van der Waals surface area contributed by atoms with E-state index in [2.05, 4.69) is 25.6 Å². The molecule has 0 spiro atoms. The third-order valence-electron chi connectivity index (χ3n) is 5.76. The van der Waals surface area contributed by atoms with Gasteiger partial charge >= 0.3 is 0 Å². The number of hydrogen-bond donors (Lipinski definition) is 4. The lowest BCUT2D eigenvalue weighted by Crippen LogP contribution is -2.38. The maximum Gasteiger partial charge on any atom is 0.289 e. The molecule has 4 rings (SSSR count). The zero-order valence-corrected chi connectivity index (χ0v) is 19.3. The number of rotatable bonds is 6. The molecule has 6 N–H and O–H groups in total. The number of aryl methyl sites for hydroxylation is 1. The molecule has 0 radical (unpaired) electrons. The highest BCUT2D eigenvalue weighted by molar-refractivity contribution is 6.30. The van der Waals surface area contributed by atoms with Gasteiger partial charge < -0.3 is 22.1 Å². The summed E-state index contributed by atoms with van der Waals surface area (Å²) >= 11 is 6.04. The predicted octanol–water partition coefficient (Wildman–Crippen LogP) is 3.52. The number of nitrogens with one attached hydrogen (secondary N) is 2. The molecule has 1 amide bonds. The van der Waals surface area contributed by atoms with Crippen LogP contribution < -0.4 is 22.1 Å². The topological polar surface area (TPSA) is 131 Å². The van der Waals surface area contributed by atoms with Crippen LogP contribution in [-0.4, -0.2) is 33.9 Å². The molecular formula is C24H28ClN7O. The second-order valence-corrected chi connectivity index (χ2v) is 8.82. The summed E-state index contributed by atoms with van der Waals surface area (Å²) in [5.74, 6) is 0.437. The Balaban J connectivity index is 1.63. The molecule has 1 saturated carbocycles. The van der Waals surface area contributed by atoms with E-state index in [0.29, 0.717) is 22.9 Å². The minimum absolute atomic E-state index is 0.0156. The van der Waals surface area contributed by atoms with Crippen molar-refractivity contribution < 1.29 is 4.79 Å². The molecule has 33 heavy (non-hydrogen) atoms. The van der Waals surface area contributed by atoms with Crippen LogP contribution in [0.3, 0.4) is 0 Å². The number of nitrogens with zero attached hydrogens (tertiary/aromatic N) is 3. The summed E-state index contributed by atoms with van der Waals surface area (Å²) in [7, 11) is 0. The molecule has 0 saturated heterocycles. The molecule has 0 aliphatic heterocycles. The quantitative estimate of drug-likeness (QED) is 0.325. The van der Waals surface area contributed by atoms with Crippen molar-refractivity contribution in [1.29, 1.82) is 0 Å². The summed E-state index contributed by atoms with van der Waals surface area (Å²) in [6.45, 7) is 2.34. The van der Waals surface area contributed by atoms with Gasteiger partial charge in [0.2, 0.25) is 5.82 Å². The molecule has 1 aromatic heterocycles. The molecule has 9 heteroatoms. The molecule has 1 fully saturated rings. The maximum atomic E-state index is 12.9. The number of carbonyl (C=O) groups is 1. The number of hydrogen-bond acceptors (Lipinski definition) is 5.